The Hall–Kier alpha value is -2.14. The quantitative estimate of drug-likeness (QED) is 0.775. The minimum atomic E-state index is -1.28. The monoisotopic (exact) mass is 345 g/mol. The van der Waals surface area contributed by atoms with Gasteiger partial charge in [0.15, 0.2) is 0 Å². The van der Waals surface area contributed by atoms with Gasteiger partial charge in [-0.1, -0.05) is 42.5 Å². The lowest BCUT2D eigenvalue weighted by molar-refractivity contribution is -0.129. The summed E-state index contributed by atoms with van der Waals surface area (Å²) >= 11 is 0. The highest BCUT2D eigenvalue weighted by atomic mass is 32.2. The molecule has 2 aromatic rings. The van der Waals surface area contributed by atoms with Gasteiger partial charge in [0, 0.05) is 30.1 Å². The Labute approximate surface area is 145 Å². The first-order valence-electron chi connectivity index (χ1n) is 7.80. The number of methoxy groups -OCH3 is 1. The molecule has 0 spiro atoms. The fourth-order valence-electron chi connectivity index (χ4n) is 2.41. The summed E-state index contributed by atoms with van der Waals surface area (Å²) < 4.78 is 17.7. The summed E-state index contributed by atoms with van der Waals surface area (Å²) in [6, 6.07) is 17.2. The van der Waals surface area contributed by atoms with Crippen LogP contribution in [0, 0.1) is 0 Å². The molecule has 2 atom stereocenters. The number of hydrogen-bond donors (Lipinski definition) is 0. The van der Waals surface area contributed by atoms with Gasteiger partial charge in [-0.3, -0.25) is 9.00 Å². The molecule has 24 heavy (non-hydrogen) atoms. The maximum absolute atomic E-state index is 12.5. The molecule has 0 saturated heterocycles. The van der Waals surface area contributed by atoms with Gasteiger partial charge in [0.25, 0.3) is 0 Å². The van der Waals surface area contributed by atoms with Crippen molar-refractivity contribution in [1.29, 1.82) is 0 Å². The molecule has 0 aliphatic rings. The second kappa shape index (κ2) is 8.64. The van der Waals surface area contributed by atoms with E-state index in [1.165, 1.54) is 0 Å². The summed E-state index contributed by atoms with van der Waals surface area (Å²) in [4.78, 5) is 14.1. The molecule has 0 aromatic heterocycles. The van der Waals surface area contributed by atoms with Crippen LogP contribution in [0.2, 0.25) is 0 Å². The fourth-order valence-corrected chi connectivity index (χ4v) is 3.57. The van der Waals surface area contributed by atoms with Gasteiger partial charge in [-0.2, -0.15) is 0 Å². The molecular formula is C19H23NO3S. The minimum absolute atomic E-state index is 0.111. The van der Waals surface area contributed by atoms with Crippen molar-refractivity contribution in [2.24, 2.45) is 0 Å². The molecule has 0 saturated carbocycles. The highest BCUT2D eigenvalue weighted by molar-refractivity contribution is 7.85. The van der Waals surface area contributed by atoms with Crippen LogP contribution in [0.3, 0.4) is 0 Å². The topological polar surface area (TPSA) is 46.6 Å². The van der Waals surface area contributed by atoms with E-state index in [-0.39, 0.29) is 5.91 Å². The van der Waals surface area contributed by atoms with Gasteiger partial charge in [0.05, 0.1) is 7.11 Å². The summed E-state index contributed by atoms with van der Waals surface area (Å²) in [5.41, 5.74) is 1.96. The smallest absolute Gasteiger partial charge is 0.238 e. The van der Waals surface area contributed by atoms with E-state index in [0.717, 1.165) is 16.9 Å². The zero-order valence-corrected chi connectivity index (χ0v) is 15.1. The van der Waals surface area contributed by atoms with Gasteiger partial charge in [-0.05, 0) is 30.2 Å². The molecule has 5 heteroatoms. The molecule has 0 fully saturated rings. The van der Waals surface area contributed by atoms with Gasteiger partial charge >= 0.3 is 0 Å². The predicted molar refractivity (Wildman–Crippen MR) is 97.2 cm³/mol. The number of carbonyl (C=O) groups is 1. The maximum atomic E-state index is 12.5. The summed E-state index contributed by atoms with van der Waals surface area (Å²) in [6.07, 6.45) is 0. The average Bonchev–Trinajstić information content (AvgIpc) is 2.61. The molecule has 0 bridgehead atoms. The summed E-state index contributed by atoms with van der Waals surface area (Å²) in [7, 11) is 2.06. The fraction of sp³-hybridized carbons (Fsp3) is 0.316. The van der Waals surface area contributed by atoms with Gasteiger partial charge in [-0.25, -0.2) is 0 Å². The zero-order chi connectivity index (χ0) is 17.5. The van der Waals surface area contributed by atoms with Crippen LogP contribution in [0.1, 0.15) is 18.1 Å². The number of hydrogen-bond acceptors (Lipinski definition) is 3. The third-order valence-electron chi connectivity index (χ3n) is 3.82. The lowest BCUT2D eigenvalue weighted by Gasteiger charge is -2.21. The Bertz CT molecular complexity index is 703. The second-order valence-corrected chi connectivity index (χ2v) is 7.46. The van der Waals surface area contributed by atoms with Crippen molar-refractivity contribution in [3.8, 4) is 5.75 Å². The Morgan fingerprint density at radius 1 is 1.12 bits per heavy atom. The summed E-state index contributed by atoms with van der Waals surface area (Å²) in [5, 5.41) is -0.551. The van der Waals surface area contributed by atoms with Gasteiger partial charge < -0.3 is 9.64 Å². The van der Waals surface area contributed by atoms with Crippen LogP contribution in [0.5, 0.6) is 5.75 Å². The third kappa shape index (κ3) is 4.93. The molecule has 0 N–H and O–H groups in total. The van der Waals surface area contributed by atoms with E-state index < -0.39 is 16.0 Å². The van der Waals surface area contributed by atoms with Crippen LogP contribution in [0.15, 0.2) is 54.6 Å². The van der Waals surface area contributed by atoms with Crippen LogP contribution < -0.4 is 4.74 Å². The molecule has 2 aromatic carbocycles. The molecule has 2 rings (SSSR count). The zero-order valence-electron chi connectivity index (χ0n) is 14.3. The van der Waals surface area contributed by atoms with E-state index in [2.05, 4.69) is 0 Å². The third-order valence-corrected chi connectivity index (χ3v) is 5.43. The van der Waals surface area contributed by atoms with Crippen molar-refractivity contribution in [3.05, 3.63) is 65.7 Å². The Kier molecular flexibility index (Phi) is 6.55. The van der Waals surface area contributed by atoms with Crippen molar-refractivity contribution in [2.75, 3.05) is 14.2 Å². The molecule has 4 nitrogen and oxygen atoms in total. The molecule has 0 heterocycles. The molecule has 0 aliphatic heterocycles. The lowest BCUT2D eigenvalue weighted by atomic mass is 10.2. The summed E-state index contributed by atoms with van der Waals surface area (Å²) in [5.74, 6) is 0.952. The highest BCUT2D eigenvalue weighted by Gasteiger charge is 2.23. The van der Waals surface area contributed by atoms with Crippen molar-refractivity contribution in [2.45, 2.75) is 24.5 Å². The molecule has 0 aliphatic carbocycles. The Morgan fingerprint density at radius 2 is 1.79 bits per heavy atom. The largest absolute Gasteiger partial charge is 0.497 e. The molecular weight excluding hydrogens is 322 g/mol. The minimum Gasteiger partial charge on any atom is -0.497 e. The Morgan fingerprint density at radius 3 is 2.46 bits per heavy atom. The Balaban J connectivity index is 1.97. The van der Waals surface area contributed by atoms with E-state index >= 15 is 0 Å². The van der Waals surface area contributed by atoms with Crippen molar-refractivity contribution >= 4 is 16.7 Å². The van der Waals surface area contributed by atoms with Crippen LogP contribution in [-0.4, -0.2) is 34.4 Å². The maximum Gasteiger partial charge on any atom is 0.238 e. The standard InChI is InChI=1S/C19H23NO3S/c1-15(19(21)20(2)13-16-8-5-4-6-9-16)24(22)14-17-10-7-11-18(12-17)23-3/h4-12,15H,13-14H2,1-3H3/t15-,24+/m0/s1. The van der Waals surface area contributed by atoms with Gasteiger partial charge in [0.2, 0.25) is 5.91 Å². The summed E-state index contributed by atoms with van der Waals surface area (Å²) in [6.45, 7) is 2.24. The lowest BCUT2D eigenvalue weighted by Crippen LogP contribution is -2.37. The highest BCUT2D eigenvalue weighted by Crippen LogP contribution is 2.16. The van der Waals surface area contributed by atoms with Crippen LogP contribution in [-0.2, 0) is 27.9 Å². The number of amides is 1. The van der Waals surface area contributed by atoms with Crippen molar-refractivity contribution in [3.63, 3.8) is 0 Å². The number of nitrogens with zero attached hydrogens (tertiary/aromatic N) is 1. The van der Waals surface area contributed by atoms with Crippen LogP contribution >= 0.6 is 0 Å². The van der Waals surface area contributed by atoms with E-state index in [9.17, 15) is 9.00 Å². The number of rotatable bonds is 7. The van der Waals surface area contributed by atoms with Crippen LogP contribution in [0.25, 0.3) is 0 Å². The number of carbonyl (C=O) groups excluding carboxylic acids is 1. The first-order valence-corrected chi connectivity index (χ1v) is 9.18. The van der Waals surface area contributed by atoms with E-state index in [1.54, 1.807) is 26.0 Å². The van der Waals surface area contributed by atoms with E-state index in [0.29, 0.717) is 12.3 Å². The second-order valence-electron chi connectivity index (χ2n) is 5.70. The van der Waals surface area contributed by atoms with E-state index in [1.807, 2.05) is 54.6 Å². The first-order chi connectivity index (χ1) is 11.5. The first kappa shape index (κ1) is 18.2. The molecule has 0 unspecified atom stereocenters. The van der Waals surface area contributed by atoms with E-state index in [4.69, 9.17) is 4.74 Å². The number of ether oxygens (including phenoxy) is 1. The van der Waals surface area contributed by atoms with Gasteiger partial charge in [-0.15, -0.1) is 0 Å². The SMILES string of the molecule is COc1cccc(C[S@@](=O)[C@@H](C)C(=O)N(C)Cc2ccccc2)c1. The van der Waals surface area contributed by atoms with Crippen LogP contribution in [0.4, 0.5) is 0 Å². The van der Waals surface area contributed by atoms with Gasteiger partial charge in [0.1, 0.15) is 11.0 Å². The number of benzene rings is 2. The molecule has 0 radical (unpaired) electrons. The van der Waals surface area contributed by atoms with Crippen molar-refractivity contribution < 1.29 is 13.7 Å². The normalized spacial score (nSPS) is 13.1. The van der Waals surface area contributed by atoms with Crippen molar-refractivity contribution in [1.82, 2.24) is 4.90 Å². The molecule has 128 valence electrons. The predicted octanol–water partition coefficient (Wildman–Crippen LogP) is 2.99. The average molecular weight is 345 g/mol. The molecule has 1 amide bonds.